The van der Waals surface area contributed by atoms with Crippen molar-refractivity contribution in [2.45, 2.75) is 23.1 Å². The van der Waals surface area contributed by atoms with Gasteiger partial charge in [0.15, 0.2) is 15.8 Å². The van der Waals surface area contributed by atoms with Crippen molar-refractivity contribution in [1.29, 1.82) is 0 Å². The van der Waals surface area contributed by atoms with Gasteiger partial charge in [0.25, 0.3) is 5.78 Å². The molecule has 0 radical (unpaired) electrons. The molecule has 5 aromatic rings. The van der Waals surface area contributed by atoms with Crippen molar-refractivity contribution in [1.82, 2.24) is 10.2 Å². The predicted molar refractivity (Wildman–Crippen MR) is 183 cm³/mol. The first-order chi connectivity index (χ1) is 22.4. The van der Waals surface area contributed by atoms with Crippen LogP contribution in [-0.2, 0) is 15.3 Å². The molecule has 11 heteroatoms. The third-order valence-electron chi connectivity index (χ3n) is 7.34. The number of aliphatic hydroxyl groups is 1. The molecule has 0 bridgehead atoms. The Labute approximate surface area is 278 Å². The number of anilines is 1. The summed E-state index contributed by atoms with van der Waals surface area (Å²) in [4.78, 5) is 28.7. The molecule has 4 aromatic carbocycles. The Bertz CT molecular complexity index is 1970. The minimum absolute atomic E-state index is 0.0883. The summed E-state index contributed by atoms with van der Waals surface area (Å²) in [6.45, 7) is 6.16. The fourth-order valence-corrected chi connectivity index (χ4v) is 7.25. The molecule has 1 N–H and O–H groups in total. The molecule has 0 saturated carbocycles. The quantitative estimate of drug-likeness (QED) is 0.0375. The number of thioether (sulfide) groups is 1. The molecular weight excluding hydrogens is 642 g/mol. The summed E-state index contributed by atoms with van der Waals surface area (Å²) in [6.07, 6.45) is 1.62. The summed E-state index contributed by atoms with van der Waals surface area (Å²) in [6, 6.07) is 24.8. The second kappa shape index (κ2) is 13.8. The smallest absolute Gasteiger partial charge is 0.301 e. The number of nitrogens with zero attached hydrogens (tertiary/aromatic N) is 3. The Hall–Kier alpha value is -4.64. The van der Waals surface area contributed by atoms with Crippen molar-refractivity contribution in [3.8, 4) is 11.5 Å². The number of carbonyl (C=O) groups excluding carboxylic acids is 2. The first-order valence-corrected chi connectivity index (χ1v) is 16.6. The number of amides is 1. The van der Waals surface area contributed by atoms with E-state index in [0.717, 1.165) is 16.3 Å². The van der Waals surface area contributed by atoms with Gasteiger partial charge in [-0.05, 0) is 65.2 Å². The van der Waals surface area contributed by atoms with Crippen molar-refractivity contribution in [2.24, 2.45) is 0 Å². The third-order valence-corrected chi connectivity index (χ3v) is 9.69. The molecular formula is C35H28ClN3O5S2. The van der Waals surface area contributed by atoms with Gasteiger partial charge in [0.05, 0.1) is 18.2 Å². The number of ether oxygens (including phenoxy) is 2. The number of aromatic nitrogens is 2. The molecule has 0 aliphatic carbocycles. The maximum atomic E-state index is 13.7. The predicted octanol–water partition coefficient (Wildman–Crippen LogP) is 8.23. The summed E-state index contributed by atoms with van der Waals surface area (Å²) < 4.78 is 12.3. The molecule has 1 amide bonds. The van der Waals surface area contributed by atoms with E-state index in [9.17, 15) is 14.7 Å². The molecule has 1 atom stereocenters. The van der Waals surface area contributed by atoms with Gasteiger partial charge in [0.2, 0.25) is 5.13 Å². The van der Waals surface area contributed by atoms with Crippen LogP contribution < -0.4 is 14.4 Å². The van der Waals surface area contributed by atoms with Crippen LogP contribution in [0.3, 0.4) is 0 Å². The number of carbonyl (C=O) groups is 2. The number of rotatable bonds is 11. The molecule has 1 fully saturated rings. The molecule has 46 heavy (non-hydrogen) atoms. The average Bonchev–Trinajstić information content (AvgIpc) is 3.64. The molecule has 1 aromatic heterocycles. The lowest BCUT2D eigenvalue weighted by Gasteiger charge is -2.23. The van der Waals surface area contributed by atoms with Gasteiger partial charge >= 0.3 is 5.91 Å². The zero-order valence-electron chi connectivity index (χ0n) is 24.7. The van der Waals surface area contributed by atoms with Crippen LogP contribution in [-0.4, -0.2) is 40.2 Å². The van der Waals surface area contributed by atoms with E-state index in [4.69, 9.17) is 21.1 Å². The van der Waals surface area contributed by atoms with Crippen LogP contribution in [0.4, 0.5) is 5.13 Å². The van der Waals surface area contributed by atoms with E-state index < -0.39 is 17.7 Å². The van der Waals surface area contributed by atoms with Gasteiger partial charge in [0.1, 0.15) is 12.4 Å². The lowest BCUT2D eigenvalue weighted by molar-refractivity contribution is -0.132. The monoisotopic (exact) mass is 669 g/mol. The van der Waals surface area contributed by atoms with Gasteiger partial charge < -0.3 is 14.6 Å². The lowest BCUT2D eigenvalue weighted by Crippen LogP contribution is -2.29. The second-order valence-electron chi connectivity index (χ2n) is 10.2. The molecule has 6 rings (SSSR count). The summed E-state index contributed by atoms with van der Waals surface area (Å²) in [5.41, 5.74) is 1.91. The standard InChI is InChI=1S/C35H28ClN3O5S2/c1-3-18-44-27-17-14-23(19-28(27)43-4-2)30-29(31(40)22-12-15-25(36)16-13-22)32(41)33(42)39(30)34-37-38-35(46-34)45-20-24-10-7-9-21-8-5-6-11-26(21)24/h3,5-17,19,30,40H,1,4,18,20H2,2H3. The van der Waals surface area contributed by atoms with Crippen molar-refractivity contribution < 1.29 is 24.2 Å². The molecule has 1 aliphatic heterocycles. The largest absolute Gasteiger partial charge is 0.507 e. The maximum Gasteiger partial charge on any atom is 0.301 e. The van der Waals surface area contributed by atoms with E-state index in [1.54, 1.807) is 48.5 Å². The number of Topliss-reactive ketones (excluding diaryl/α,β-unsaturated/α-hetero) is 1. The molecule has 1 aliphatic rings. The summed E-state index contributed by atoms with van der Waals surface area (Å²) >= 11 is 8.77. The molecule has 1 unspecified atom stereocenters. The number of benzene rings is 4. The topological polar surface area (TPSA) is 102 Å². The zero-order valence-corrected chi connectivity index (χ0v) is 27.1. The van der Waals surface area contributed by atoms with E-state index in [0.29, 0.717) is 44.3 Å². The fraction of sp³-hybridized carbons (Fsp3) is 0.143. The fourth-order valence-electron chi connectivity index (χ4n) is 5.26. The van der Waals surface area contributed by atoms with Crippen molar-refractivity contribution in [3.63, 3.8) is 0 Å². The van der Waals surface area contributed by atoms with Gasteiger partial charge in [-0.3, -0.25) is 14.5 Å². The normalized spacial score (nSPS) is 15.8. The van der Waals surface area contributed by atoms with Crippen molar-refractivity contribution in [3.05, 3.63) is 125 Å². The second-order valence-corrected chi connectivity index (χ2v) is 12.8. The number of aliphatic hydroxyl groups excluding tert-OH is 1. The SMILES string of the molecule is C=CCOc1ccc(C2C(=C(O)c3ccc(Cl)cc3)C(=O)C(=O)N2c2nnc(SCc3cccc4ccccc34)s2)cc1OCC. The maximum absolute atomic E-state index is 13.7. The average molecular weight is 670 g/mol. The highest BCUT2D eigenvalue weighted by molar-refractivity contribution is 8.00. The Morgan fingerprint density at radius 3 is 2.59 bits per heavy atom. The summed E-state index contributed by atoms with van der Waals surface area (Å²) in [5.74, 6) is -0.471. The number of fused-ring (bicyclic) bond motifs is 1. The van der Waals surface area contributed by atoms with E-state index in [2.05, 4.69) is 41.0 Å². The zero-order chi connectivity index (χ0) is 32.2. The van der Waals surface area contributed by atoms with Crippen LogP contribution in [0.1, 0.15) is 29.7 Å². The molecule has 232 valence electrons. The van der Waals surface area contributed by atoms with Crippen LogP contribution in [0.25, 0.3) is 16.5 Å². The van der Waals surface area contributed by atoms with Gasteiger partial charge in [-0.15, -0.1) is 10.2 Å². The Morgan fingerprint density at radius 1 is 1.02 bits per heavy atom. The van der Waals surface area contributed by atoms with E-state index in [1.165, 1.54) is 28.0 Å². The summed E-state index contributed by atoms with van der Waals surface area (Å²) in [7, 11) is 0. The van der Waals surface area contributed by atoms with Gasteiger partial charge in [-0.25, -0.2) is 0 Å². The van der Waals surface area contributed by atoms with E-state index in [-0.39, 0.29) is 23.1 Å². The third kappa shape index (κ3) is 6.24. The van der Waals surface area contributed by atoms with E-state index in [1.807, 2.05) is 25.1 Å². The summed E-state index contributed by atoms with van der Waals surface area (Å²) in [5, 5.41) is 23.2. The molecule has 2 heterocycles. The Kier molecular flexibility index (Phi) is 9.39. The first kappa shape index (κ1) is 31.3. The minimum Gasteiger partial charge on any atom is -0.507 e. The highest BCUT2D eigenvalue weighted by Gasteiger charge is 2.48. The van der Waals surface area contributed by atoms with Gasteiger partial charge in [-0.2, -0.15) is 0 Å². The number of halogens is 1. The highest BCUT2D eigenvalue weighted by Crippen LogP contribution is 2.46. The minimum atomic E-state index is -1.02. The molecule has 8 nitrogen and oxygen atoms in total. The van der Waals surface area contributed by atoms with Crippen molar-refractivity contribution in [2.75, 3.05) is 18.1 Å². The van der Waals surface area contributed by atoms with Crippen LogP contribution in [0, 0.1) is 0 Å². The van der Waals surface area contributed by atoms with Crippen LogP contribution in [0.5, 0.6) is 11.5 Å². The molecule has 0 spiro atoms. The van der Waals surface area contributed by atoms with Crippen LogP contribution in [0.2, 0.25) is 5.02 Å². The van der Waals surface area contributed by atoms with Crippen LogP contribution in [0.15, 0.2) is 107 Å². The first-order valence-electron chi connectivity index (χ1n) is 14.4. The van der Waals surface area contributed by atoms with Gasteiger partial charge in [0, 0.05) is 16.3 Å². The Morgan fingerprint density at radius 2 is 1.80 bits per heavy atom. The molecule has 1 saturated heterocycles. The lowest BCUT2D eigenvalue weighted by atomic mass is 9.95. The van der Waals surface area contributed by atoms with Crippen LogP contribution >= 0.6 is 34.7 Å². The Balaban J connectivity index is 1.40. The number of hydrogen-bond acceptors (Lipinski definition) is 9. The number of ketones is 1. The highest BCUT2D eigenvalue weighted by atomic mass is 35.5. The van der Waals surface area contributed by atoms with E-state index >= 15 is 0 Å². The number of hydrogen-bond donors (Lipinski definition) is 1. The van der Waals surface area contributed by atoms with Gasteiger partial charge in [-0.1, -0.05) is 95.9 Å². The van der Waals surface area contributed by atoms with Crippen molar-refractivity contribution >= 4 is 68.1 Å².